The van der Waals surface area contributed by atoms with Gasteiger partial charge in [-0.05, 0) is 124 Å². The molecule has 0 N–H and O–H groups in total. The van der Waals surface area contributed by atoms with Crippen molar-refractivity contribution in [2.24, 2.45) is 0 Å². The van der Waals surface area contributed by atoms with E-state index in [9.17, 15) is 19.2 Å². The van der Waals surface area contributed by atoms with Crippen LogP contribution in [-0.4, -0.2) is 90.1 Å². The van der Waals surface area contributed by atoms with Crippen LogP contribution in [0.15, 0.2) is 121 Å². The van der Waals surface area contributed by atoms with Gasteiger partial charge >= 0.3 is 12.2 Å². The minimum atomic E-state index is -0.615. The maximum absolute atomic E-state index is 13.9. The van der Waals surface area contributed by atoms with E-state index in [0.29, 0.717) is 37.5 Å². The average molecular weight is 875 g/mol. The van der Waals surface area contributed by atoms with E-state index >= 15 is 0 Å². The maximum atomic E-state index is 13.9. The van der Waals surface area contributed by atoms with Crippen molar-refractivity contribution >= 4 is 67.1 Å². The van der Waals surface area contributed by atoms with Crippen LogP contribution in [0.4, 0.5) is 9.59 Å². The average Bonchev–Trinajstić information content (AvgIpc) is 3.29. The highest BCUT2D eigenvalue weighted by atomic mass is 16.6. The molecule has 0 unspecified atom stereocenters. The first kappa shape index (κ1) is 45.9. The molecule has 7 aromatic carbocycles. The molecule has 0 aliphatic carbocycles. The Kier molecular flexibility index (Phi) is 13.6. The molecule has 336 valence electrons. The van der Waals surface area contributed by atoms with Gasteiger partial charge in [0.25, 0.3) is 11.8 Å². The highest BCUT2D eigenvalue weighted by Crippen LogP contribution is 2.36. The minimum Gasteiger partial charge on any atom is -0.484 e. The van der Waals surface area contributed by atoms with E-state index in [1.165, 1.54) is 0 Å². The molecule has 0 aliphatic heterocycles. The summed E-state index contributed by atoms with van der Waals surface area (Å²) in [7, 11) is 7.03. The largest absolute Gasteiger partial charge is 0.484 e. The molecule has 7 aromatic rings. The Balaban J connectivity index is 1.04. The third kappa shape index (κ3) is 10.3. The summed E-state index contributed by atoms with van der Waals surface area (Å²) >= 11 is 0. The summed E-state index contributed by atoms with van der Waals surface area (Å²) in [6, 6.07) is 39.2. The van der Waals surface area contributed by atoms with E-state index < -0.39 is 11.7 Å². The highest BCUT2D eigenvalue weighted by Gasteiger charge is 2.24. The molecule has 0 aliphatic rings. The smallest absolute Gasteiger partial charge is 0.410 e. The number of amides is 4. The number of nitrogens with zero attached hydrogens (tertiary/aromatic N) is 4. The molecule has 0 heterocycles. The fraction of sp³-hybridized carbons (Fsp3) is 0.296. The van der Waals surface area contributed by atoms with Crippen LogP contribution >= 0.6 is 0 Å². The molecule has 7 rings (SSSR count). The zero-order valence-corrected chi connectivity index (χ0v) is 38.8. The second kappa shape index (κ2) is 19.3. The quantitative estimate of drug-likeness (QED) is 0.106. The van der Waals surface area contributed by atoms with Crippen LogP contribution in [0, 0.1) is 0 Å². The van der Waals surface area contributed by atoms with Crippen molar-refractivity contribution in [3.8, 4) is 5.75 Å². The van der Waals surface area contributed by atoms with Crippen molar-refractivity contribution in [2.75, 3.05) is 34.8 Å². The third-order valence-corrected chi connectivity index (χ3v) is 11.5. The number of benzene rings is 7. The Morgan fingerprint density at radius 1 is 0.477 bits per heavy atom. The van der Waals surface area contributed by atoms with E-state index in [2.05, 4.69) is 48.5 Å². The van der Waals surface area contributed by atoms with Crippen molar-refractivity contribution in [1.29, 1.82) is 0 Å². The van der Waals surface area contributed by atoms with Crippen LogP contribution in [0.3, 0.4) is 0 Å². The summed E-state index contributed by atoms with van der Waals surface area (Å²) in [5.74, 6) is 0.0948. The summed E-state index contributed by atoms with van der Waals surface area (Å²) in [4.78, 5) is 59.9. The first-order valence-corrected chi connectivity index (χ1v) is 21.9. The van der Waals surface area contributed by atoms with Crippen LogP contribution in [0.2, 0.25) is 0 Å². The second-order valence-corrected chi connectivity index (χ2v) is 17.9. The Hall–Kier alpha value is -7.14. The fourth-order valence-corrected chi connectivity index (χ4v) is 8.34. The van der Waals surface area contributed by atoms with Crippen LogP contribution in [0.5, 0.6) is 5.75 Å². The molecule has 0 atom stereocenters. The van der Waals surface area contributed by atoms with Gasteiger partial charge in [0.1, 0.15) is 11.4 Å². The van der Waals surface area contributed by atoms with Gasteiger partial charge in [-0.1, -0.05) is 97.1 Å². The number of carbonyl (C=O) groups is 4. The molecule has 0 saturated carbocycles. The molecule has 0 radical (unpaired) electrons. The number of likely N-dealkylation sites (N-methyl/N-ethyl adjacent to an activating group) is 1. The first-order valence-electron chi connectivity index (χ1n) is 21.9. The van der Waals surface area contributed by atoms with E-state index in [-0.39, 0.29) is 30.6 Å². The van der Waals surface area contributed by atoms with Crippen molar-refractivity contribution < 1.29 is 33.4 Å². The predicted molar refractivity (Wildman–Crippen MR) is 258 cm³/mol. The molecule has 0 fully saturated rings. The monoisotopic (exact) mass is 874 g/mol. The Labute approximate surface area is 381 Å². The molecule has 65 heavy (non-hydrogen) atoms. The molecule has 0 bridgehead atoms. The highest BCUT2D eigenvalue weighted by molar-refractivity contribution is 6.07. The van der Waals surface area contributed by atoms with Gasteiger partial charge in [0.15, 0.2) is 6.61 Å². The lowest BCUT2D eigenvalue weighted by Crippen LogP contribution is -2.34. The lowest BCUT2D eigenvalue weighted by Gasteiger charge is -2.26. The number of ether oxygens (including phenoxy) is 3. The number of fused-ring (bicyclic) bond motifs is 4. The van der Waals surface area contributed by atoms with Gasteiger partial charge in [0.2, 0.25) is 0 Å². The summed E-state index contributed by atoms with van der Waals surface area (Å²) in [5.41, 5.74) is 3.88. The first-order chi connectivity index (χ1) is 31.0. The molecular formula is C54H58N4O7. The standard InChI is InChI=1S/C54H58N4O7/c1-35(2)64-52(61)57(8)32-48-42-22-14-10-18-38(42)46(39-19-11-15-23-43(39)48)30-55(6)50(59)34-63-37-28-26-36(27-29-37)51(60)56(7)31-47-40-20-12-16-24-44(40)49(45-25-17-13-21-41(45)47)33-58(9)53(62)65-54(3,4)5/h10-29,35H,30-34H2,1-9H3. The number of hydrogen-bond donors (Lipinski definition) is 0. The van der Waals surface area contributed by atoms with Gasteiger partial charge < -0.3 is 33.8 Å². The van der Waals surface area contributed by atoms with Gasteiger partial charge in [0, 0.05) is 59.9 Å². The zero-order valence-electron chi connectivity index (χ0n) is 38.8. The molecule has 0 saturated heterocycles. The van der Waals surface area contributed by atoms with Crippen LogP contribution in [-0.2, 0) is 40.4 Å². The SMILES string of the molecule is CC(C)OC(=O)N(C)Cc1c2ccccc2c(CN(C)C(=O)COc2ccc(C(=O)N(C)Cc3c4ccccc4c(CN(C)C(=O)OC(C)(C)C)c4ccccc34)cc2)c2ccccc12. The normalized spacial score (nSPS) is 11.5. The maximum Gasteiger partial charge on any atom is 0.410 e. The summed E-state index contributed by atoms with van der Waals surface area (Å²) in [6.07, 6.45) is -1.02. The van der Waals surface area contributed by atoms with E-state index in [0.717, 1.165) is 65.3 Å². The van der Waals surface area contributed by atoms with Crippen molar-refractivity contribution in [3.05, 3.63) is 149 Å². The van der Waals surface area contributed by atoms with Gasteiger partial charge in [-0.2, -0.15) is 0 Å². The Morgan fingerprint density at radius 2 is 0.815 bits per heavy atom. The zero-order chi connectivity index (χ0) is 46.6. The molecule has 0 spiro atoms. The van der Waals surface area contributed by atoms with Crippen molar-refractivity contribution in [1.82, 2.24) is 19.6 Å². The third-order valence-electron chi connectivity index (χ3n) is 11.5. The Morgan fingerprint density at radius 3 is 1.17 bits per heavy atom. The van der Waals surface area contributed by atoms with Crippen LogP contribution < -0.4 is 4.74 Å². The van der Waals surface area contributed by atoms with E-state index in [1.807, 2.05) is 83.1 Å². The van der Waals surface area contributed by atoms with Gasteiger partial charge in [-0.15, -0.1) is 0 Å². The second-order valence-electron chi connectivity index (χ2n) is 17.9. The van der Waals surface area contributed by atoms with E-state index in [4.69, 9.17) is 14.2 Å². The minimum absolute atomic E-state index is 0.165. The number of hydrogen-bond acceptors (Lipinski definition) is 7. The number of rotatable bonds is 13. The van der Waals surface area contributed by atoms with Crippen molar-refractivity contribution in [2.45, 2.75) is 72.5 Å². The van der Waals surface area contributed by atoms with E-state index in [1.54, 1.807) is 72.1 Å². The molecule has 11 nitrogen and oxygen atoms in total. The summed E-state index contributed by atoms with van der Waals surface area (Å²) in [5, 5.41) is 8.02. The predicted octanol–water partition coefficient (Wildman–Crippen LogP) is 11.0. The topological polar surface area (TPSA) is 109 Å². The lowest BCUT2D eigenvalue weighted by molar-refractivity contribution is -0.132. The van der Waals surface area contributed by atoms with Gasteiger partial charge in [-0.25, -0.2) is 9.59 Å². The lowest BCUT2D eigenvalue weighted by atomic mass is 9.91. The summed E-state index contributed by atoms with van der Waals surface area (Å²) < 4.78 is 17.1. The Bertz CT molecular complexity index is 2790. The van der Waals surface area contributed by atoms with Gasteiger partial charge in [-0.3, -0.25) is 9.59 Å². The molecule has 0 aromatic heterocycles. The fourth-order valence-electron chi connectivity index (χ4n) is 8.34. The number of carbonyl (C=O) groups excluding carboxylic acids is 4. The molecule has 4 amide bonds. The van der Waals surface area contributed by atoms with Crippen LogP contribution in [0.25, 0.3) is 43.1 Å². The van der Waals surface area contributed by atoms with Crippen LogP contribution in [0.1, 0.15) is 67.2 Å². The van der Waals surface area contributed by atoms with Gasteiger partial charge in [0.05, 0.1) is 6.10 Å². The molecule has 11 heteroatoms. The van der Waals surface area contributed by atoms with Crippen molar-refractivity contribution in [3.63, 3.8) is 0 Å². The molecular weight excluding hydrogens is 817 g/mol. The summed E-state index contributed by atoms with van der Waals surface area (Å²) in [6.45, 7) is 10.4.